The molecule has 0 saturated carbocycles. The van der Waals surface area contributed by atoms with Gasteiger partial charge in [-0.1, -0.05) is 48.5 Å². The molecule has 4 rings (SSSR count). The van der Waals surface area contributed by atoms with Crippen molar-refractivity contribution in [1.82, 2.24) is 9.55 Å². The Morgan fingerprint density at radius 2 is 1.91 bits per heavy atom. The van der Waals surface area contributed by atoms with Crippen molar-refractivity contribution in [2.24, 2.45) is 0 Å². The van der Waals surface area contributed by atoms with E-state index in [0.29, 0.717) is 18.7 Å². The van der Waals surface area contributed by atoms with Crippen molar-refractivity contribution in [1.29, 1.82) is 0 Å². The van der Waals surface area contributed by atoms with E-state index >= 15 is 0 Å². The van der Waals surface area contributed by atoms with Crippen LogP contribution in [0.25, 0.3) is 0 Å². The summed E-state index contributed by atoms with van der Waals surface area (Å²) in [6, 6.07) is 16.9. The third-order valence-corrected chi connectivity index (χ3v) is 5.21. The minimum Gasteiger partial charge on any atom is -0.480 e. The molecule has 32 heavy (non-hydrogen) atoms. The standard InChI is InChI=1S/C23H24N4O5/c1-31-12-11-27-20(25-21(28)18-13-16-9-5-6-10-17(16)32-18)19(22(29)26-23(27)30)24-14-15-7-3-2-4-8-15/h2-10,18,24H,11-14H2,1H3,(H,25,28)(H,26,29,30). The van der Waals surface area contributed by atoms with Gasteiger partial charge in [0.05, 0.1) is 13.2 Å². The van der Waals surface area contributed by atoms with Gasteiger partial charge in [0.15, 0.2) is 6.10 Å². The van der Waals surface area contributed by atoms with Crippen LogP contribution in [0.3, 0.4) is 0 Å². The number of anilines is 2. The van der Waals surface area contributed by atoms with Crippen molar-refractivity contribution in [2.75, 3.05) is 24.4 Å². The number of ether oxygens (including phenoxy) is 2. The topological polar surface area (TPSA) is 114 Å². The molecular formula is C23H24N4O5. The normalized spacial score (nSPS) is 14.5. The quantitative estimate of drug-likeness (QED) is 0.496. The van der Waals surface area contributed by atoms with Crippen LogP contribution in [0.15, 0.2) is 64.2 Å². The number of benzene rings is 2. The molecule has 0 radical (unpaired) electrons. The highest BCUT2D eigenvalue weighted by molar-refractivity contribution is 5.96. The van der Waals surface area contributed by atoms with Crippen LogP contribution < -0.4 is 26.6 Å². The van der Waals surface area contributed by atoms with E-state index in [4.69, 9.17) is 9.47 Å². The monoisotopic (exact) mass is 436 g/mol. The maximum Gasteiger partial charge on any atom is 0.330 e. The molecule has 166 valence electrons. The van der Waals surface area contributed by atoms with E-state index < -0.39 is 23.3 Å². The minimum absolute atomic E-state index is 0.0799. The number of nitrogens with one attached hydrogen (secondary N) is 3. The third-order valence-electron chi connectivity index (χ3n) is 5.21. The molecular weight excluding hydrogens is 412 g/mol. The van der Waals surface area contributed by atoms with Gasteiger partial charge in [0.2, 0.25) is 0 Å². The maximum absolute atomic E-state index is 13.0. The number of aromatic nitrogens is 2. The molecule has 9 heteroatoms. The second-order valence-corrected chi connectivity index (χ2v) is 7.37. The number of hydrogen-bond donors (Lipinski definition) is 3. The number of fused-ring (bicyclic) bond motifs is 1. The Morgan fingerprint density at radius 3 is 2.66 bits per heavy atom. The Labute approximate surface area is 184 Å². The van der Waals surface area contributed by atoms with Crippen LogP contribution >= 0.6 is 0 Å². The number of rotatable bonds is 8. The van der Waals surface area contributed by atoms with Gasteiger partial charge in [-0.15, -0.1) is 0 Å². The van der Waals surface area contributed by atoms with Crippen molar-refractivity contribution in [3.05, 3.63) is 86.6 Å². The second kappa shape index (κ2) is 9.52. The van der Waals surface area contributed by atoms with Gasteiger partial charge >= 0.3 is 5.69 Å². The van der Waals surface area contributed by atoms with E-state index in [1.807, 2.05) is 48.5 Å². The lowest BCUT2D eigenvalue weighted by molar-refractivity contribution is -0.122. The number of hydrogen-bond acceptors (Lipinski definition) is 6. The summed E-state index contributed by atoms with van der Waals surface area (Å²) >= 11 is 0. The first-order chi connectivity index (χ1) is 15.6. The van der Waals surface area contributed by atoms with Crippen LogP contribution in [0.5, 0.6) is 5.75 Å². The van der Waals surface area contributed by atoms with Crippen molar-refractivity contribution in [3.63, 3.8) is 0 Å². The van der Waals surface area contributed by atoms with E-state index in [1.54, 1.807) is 6.07 Å². The van der Waals surface area contributed by atoms with Crippen LogP contribution in [0.1, 0.15) is 11.1 Å². The Balaban J connectivity index is 1.64. The molecule has 0 fully saturated rings. The van der Waals surface area contributed by atoms with Crippen molar-refractivity contribution in [3.8, 4) is 5.75 Å². The summed E-state index contributed by atoms with van der Waals surface area (Å²) in [7, 11) is 1.51. The van der Waals surface area contributed by atoms with Crippen LogP contribution in [0, 0.1) is 0 Å². The second-order valence-electron chi connectivity index (χ2n) is 7.37. The molecule has 9 nitrogen and oxygen atoms in total. The minimum atomic E-state index is -0.764. The van der Waals surface area contributed by atoms with Crippen LogP contribution in [0.4, 0.5) is 11.5 Å². The molecule has 3 N–H and O–H groups in total. The first-order valence-electron chi connectivity index (χ1n) is 10.3. The zero-order valence-corrected chi connectivity index (χ0v) is 17.6. The summed E-state index contributed by atoms with van der Waals surface area (Å²) in [4.78, 5) is 40.5. The van der Waals surface area contributed by atoms with Gasteiger partial charge in [0.1, 0.15) is 17.3 Å². The van der Waals surface area contributed by atoms with Gasteiger partial charge in [-0.25, -0.2) is 4.79 Å². The van der Waals surface area contributed by atoms with Gasteiger partial charge in [0, 0.05) is 20.1 Å². The highest BCUT2D eigenvalue weighted by Crippen LogP contribution is 2.29. The predicted octanol–water partition coefficient (Wildman–Crippen LogP) is 1.74. The van der Waals surface area contributed by atoms with E-state index in [9.17, 15) is 14.4 Å². The maximum atomic E-state index is 13.0. The van der Waals surface area contributed by atoms with Crippen molar-refractivity contribution >= 4 is 17.4 Å². The lowest BCUT2D eigenvalue weighted by atomic mass is 10.1. The summed E-state index contributed by atoms with van der Waals surface area (Å²) in [5, 5.41) is 5.80. The molecule has 1 unspecified atom stereocenters. The number of para-hydroxylation sites is 1. The van der Waals surface area contributed by atoms with Crippen LogP contribution in [0.2, 0.25) is 0 Å². The zero-order valence-electron chi connectivity index (χ0n) is 17.6. The Kier molecular flexibility index (Phi) is 6.37. The summed E-state index contributed by atoms with van der Waals surface area (Å²) in [6.45, 7) is 0.701. The van der Waals surface area contributed by atoms with Gasteiger partial charge in [-0.05, 0) is 17.2 Å². The average molecular weight is 436 g/mol. The molecule has 1 amide bonds. The van der Waals surface area contributed by atoms with E-state index in [2.05, 4.69) is 15.6 Å². The van der Waals surface area contributed by atoms with E-state index in [-0.39, 0.29) is 24.7 Å². The number of nitrogens with zero attached hydrogens (tertiary/aromatic N) is 1. The van der Waals surface area contributed by atoms with Crippen LogP contribution in [-0.2, 0) is 29.0 Å². The smallest absolute Gasteiger partial charge is 0.330 e. The summed E-state index contributed by atoms with van der Waals surface area (Å²) in [6.07, 6.45) is -0.361. The molecule has 0 saturated heterocycles. The molecule has 1 atom stereocenters. The zero-order chi connectivity index (χ0) is 22.5. The van der Waals surface area contributed by atoms with E-state index in [0.717, 1.165) is 11.1 Å². The number of carbonyl (C=O) groups excluding carboxylic acids is 1. The van der Waals surface area contributed by atoms with E-state index in [1.165, 1.54) is 11.7 Å². The van der Waals surface area contributed by atoms with Gasteiger partial charge in [-0.2, -0.15) is 0 Å². The molecule has 1 aliphatic rings. The molecule has 2 heterocycles. The number of methoxy groups -OCH3 is 1. The molecule has 1 aliphatic heterocycles. The van der Waals surface area contributed by atoms with Crippen molar-refractivity contribution < 1.29 is 14.3 Å². The number of aromatic amines is 1. The van der Waals surface area contributed by atoms with Gasteiger partial charge < -0.3 is 20.1 Å². The third kappa shape index (κ3) is 4.57. The van der Waals surface area contributed by atoms with Gasteiger partial charge in [0.25, 0.3) is 11.5 Å². The molecule has 0 bridgehead atoms. The van der Waals surface area contributed by atoms with Crippen LogP contribution in [-0.4, -0.2) is 35.3 Å². The summed E-state index contributed by atoms with van der Waals surface area (Å²) in [5.41, 5.74) is 0.702. The molecule has 0 spiro atoms. The highest BCUT2D eigenvalue weighted by Gasteiger charge is 2.30. The number of amides is 1. The lowest BCUT2D eigenvalue weighted by Crippen LogP contribution is -2.39. The van der Waals surface area contributed by atoms with Crippen molar-refractivity contribution in [2.45, 2.75) is 25.6 Å². The Hall–Kier alpha value is -3.85. The first kappa shape index (κ1) is 21.4. The Morgan fingerprint density at radius 1 is 1.16 bits per heavy atom. The molecule has 0 aliphatic carbocycles. The summed E-state index contributed by atoms with van der Waals surface area (Å²) in [5.74, 6) is 0.286. The molecule has 2 aromatic carbocycles. The summed E-state index contributed by atoms with van der Waals surface area (Å²) < 4.78 is 12.1. The number of H-pyrrole nitrogens is 1. The average Bonchev–Trinajstić information content (AvgIpc) is 3.24. The van der Waals surface area contributed by atoms with Gasteiger partial charge in [-0.3, -0.25) is 19.1 Å². The fourth-order valence-electron chi connectivity index (χ4n) is 3.57. The highest BCUT2D eigenvalue weighted by atomic mass is 16.5. The first-order valence-corrected chi connectivity index (χ1v) is 10.3. The fourth-order valence-corrected chi connectivity index (χ4v) is 3.57. The Bertz CT molecular complexity index is 1190. The molecule has 1 aromatic heterocycles. The lowest BCUT2D eigenvalue weighted by Gasteiger charge is -2.19. The fraction of sp³-hybridized carbons (Fsp3) is 0.261. The molecule has 3 aromatic rings. The SMILES string of the molecule is COCCn1c(NC(=O)C2Cc3ccccc3O2)c(NCc2ccccc2)c(=O)[nH]c1=O. The number of carbonyl (C=O) groups is 1. The predicted molar refractivity (Wildman–Crippen MR) is 120 cm³/mol. The largest absolute Gasteiger partial charge is 0.480 e.